The Balaban J connectivity index is 1.51. The maximum Gasteiger partial charge on any atom is 0.0541 e. The monoisotopic (exact) mass is 487 g/mol. The molecule has 7 rings (SSSR count). The van der Waals surface area contributed by atoms with Crippen LogP contribution >= 0.6 is 0 Å². The van der Waals surface area contributed by atoms with Gasteiger partial charge in [-0.2, -0.15) is 0 Å². The van der Waals surface area contributed by atoms with E-state index < -0.39 is 0 Å². The number of aromatic nitrogens is 1. The lowest BCUT2D eigenvalue weighted by Crippen LogP contribution is -1.95. The van der Waals surface area contributed by atoms with Gasteiger partial charge in [0, 0.05) is 16.5 Å². The zero-order chi connectivity index (χ0) is 25.5. The minimum absolute atomic E-state index is 1.10. The first kappa shape index (κ1) is 22.6. The SMILES string of the molecule is Cc1cc(C2=CCCC=C2)cc(-c2ccc3c(c2)c2ccccc2n3-c2ccccc2)c1-c1ccccc1. The number of para-hydroxylation sites is 2. The van der Waals surface area contributed by atoms with Crippen molar-refractivity contribution in [2.75, 3.05) is 0 Å². The molecule has 0 aliphatic heterocycles. The van der Waals surface area contributed by atoms with E-state index in [2.05, 4.69) is 145 Å². The number of nitrogens with zero attached hydrogens (tertiary/aromatic N) is 1. The molecule has 0 atom stereocenters. The summed E-state index contributed by atoms with van der Waals surface area (Å²) in [4.78, 5) is 0. The van der Waals surface area contributed by atoms with Crippen LogP contribution in [-0.4, -0.2) is 4.57 Å². The quantitative estimate of drug-likeness (QED) is 0.233. The van der Waals surface area contributed by atoms with Gasteiger partial charge in [-0.15, -0.1) is 0 Å². The summed E-state index contributed by atoms with van der Waals surface area (Å²) in [6.45, 7) is 2.25. The molecule has 38 heavy (non-hydrogen) atoms. The van der Waals surface area contributed by atoms with Crippen molar-refractivity contribution in [2.45, 2.75) is 19.8 Å². The molecule has 0 bridgehead atoms. The molecule has 5 aromatic carbocycles. The van der Waals surface area contributed by atoms with Crippen LogP contribution in [0.15, 0.2) is 133 Å². The van der Waals surface area contributed by atoms with Gasteiger partial charge in [-0.1, -0.05) is 97.1 Å². The summed E-state index contributed by atoms with van der Waals surface area (Å²) in [5.74, 6) is 0. The van der Waals surface area contributed by atoms with Gasteiger partial charge in [0.15, 0.2) is 0 Å². The molecule has 0 fully saturated rings. The van der Waals surface area contributed by atoms with Gasteiger partial charge >= 0.3 is 0 Å². The first-order chi connectivity index (χ1) is 18.8. The Hall–Kier alpha value is -4.62. The van der Waals surface area contributed by atoms with Crippen molar-refractivity contribution in [1.29, 1.82) is 0 Å². The Kier molecular flexibility index (Phi) is 5.56. The van der Waals surface area contributed by atoms with Crippen LogP contribution in [0.2, 0.25) is 0 Å². The van der Waals surface area contributed by atoms with Crippen molar-refractivity contribution in [2.24, 2.45) is 0 Å². The second-order valence-corrected chi connectivity index (χ2v) is 10.1. The van der Waals surface area contributed by atoms with Crippen LogP contribution < -0.4 is 0 Å². The van der Waals surface area contributed by atoms with Crippen molar-refractivity contribution in [1.82, 2.24) is 4.57 Å². The highest BCUT2D eigenvalue weighted by molar-refractivity contribution is 6.11. The maximum absolute atomic E-state index is 2.40. The van der Waals surface area contributed by atoms with E-state index in [1.54, 1.807) is 0 Å². The number of allylic oxidation sites excluding steroid dienone is 4. The fourth-order valence-electron chi connectivity index (χ4n) is 5.99. The highest BCUT2D eigenvalue weighted by atomic mass is 15.0. The van der Waals surface area contributed by atoms with Gasteiger partial charge < -0.3 is 4.57 Å². The van der Waals surface area contributed by atoms with Crippen LogP contribution in [0.25, 0.3) is 55.3 Å². The van der Waals surface area contributed by atoms with Gasteiger partial charge in [-0.25, -0.2) is 0 Å². The smallest absolute Gasteiger partial charge is 0.0541 e. The lowest BCUT2D eigenvalue weighted by atomic mass is 9.86. The van der Waals surface area contributed by atoms with Crippen molar-refractivity contribution < 1.29 is 0 Å². The number of benzene rings is 5. The van der Waals surface area contributed by atoms with E-state index in [-0.39, 0.29) is 0 Å². The van der Waals surface area contributed by atoms with Crippen LogP contribution in [0.3, 0.4) is 0 Å². The van der Waals surface area contributed by atoms with Crippen molar-refractivity contribution in [3.63, 3.8) is 0 Å². The summed E-state index contributed by atoms with van der Waals surface area (Å²) in [6.07, 6.45) is 9.17. The summed E-state index contributed by atoms with van der Waals surface area (Å²) in [6, 6.07) is 42.0. The first-order valence-corrected chi connectivity index (χ1v) is 13.4. The van der Waals surface area contributed by atoms with Gasteiger partial charge in [0.2, 0.25) is 0 Å². The average molecular weight is 488 g/mol. The third-order valence-corrected chi connectivity index (χ3v) is 7.72. The molecule has 6 aromatic rings. The molecule has 1 aliphatic carbocycles. The highest BCUT2D eigenvalue weighted by Gasteiger charge is 2.17. The largest absolute Gasteiger partial charge is 0.309 e. The molecule has 1 aromatic heterocycles. The summed E-state index contributed by atoms with van der Waals surface area (Å²) < 4.78 is 2.38. The average Bonchev–Trinajstić information content (AvgIpc) is 3.32. The zero-order valence-electron chi connectivity index (χ0n) is 21.6. The fourth-order valence-corrected chi connectivity index (χ4v) is 5.99. The molecule has 1 aliphatic rings. The van der Waals surface area contributed by atoms with Crippen LogP contribution in [0.5, 0.6) is 0 Å². The van der Waals surface area contributed by atoms with Gasteiger partial charge in [-0.3, -0.25) is 0 Å². The minimum atomic E-state index is 1.10. The molecule has 1 heteroatoms. The molecule has 182 valence electrons. The van der Waals surface area contributed by atoms with Gasteiger partial charge in [0.25, 0.3) is 0 Å². The summed E-state index contributed by atoms with van der Waals surface area (Å²) in [5, 5.41) is 2.56. The predicted octanol–water partition coefficient (Wildman–Crippen LogP) is 10.2. The molecule has 0 spiro atoms. The normalized spacial score (nSPS) is 13.2. The van der Waals surface area contributed by atoms with E-state index in [1.807, 2.05) is 0 Å². The number of fused-ring (bicyclic) bond motifs is 3. The third-order valence-electron chi connectivity index (χ3n) is 7.72. The molecule has 1 nitrogen and oxygen atoms in total. The van der Waals surface area contributed by atoms with Crippen LogP contribution in [-0.2, 0) is 0 Å². The van der Waals surface area contributed by atoms with Crippen molar-refractivity contribution in [3.8, 4) is 27.9 Å². The number of rotatable bonds is 4. The van der Waals surface area contributed by atoms with E-state index in [4.69, 9.17) is 0 Å². The topological polar surface area (TPSA) is 4.93 Å². The molecule has 0 radical (unpaired) electrons. The standard InChI is InChI=1S/C37H29N/c1-26-23-30(27-13-5-2-6-14-27)25-33(37(26)28-15-7-3-8-16-28)29-21-22-36-34(24-29)32-19-11-12-20-35(32)38(36)31-17-9-4-10-18-31/h3-5,7-25H,2,6H2,1H3. The van der Waals surface area contributed by atoms with Crippen molar-refractivity contribution in [3.05, 3.63) is 145 Å². The molecule has 0 saturated heterocycles. The number of aryl methyl sites for hydroxylation is 1. The summed E-state index contributed by atoms with van der Waals surface area (Å²) >= 11 is 0. The molecule has 0 amide bonds. The second kappa shape index (κ2) is 9.36. The Bertz CT molecular complexity index is 1850. The van der Waals surface area contributed by atoms with E-state index in [1.165, 1.54) is 66.4 Å². The Morgan fingerprint density at radius 2 is 1.32 bits per heavy atom. The number of hydrogen-bond donors (Lipinski definition) is 0. The van der Waals surface area contributed by atoms with E-state index in [0.717, 1.165) is 12.8 Å². The Morgan fingerprint density at radius 3 is 2.11 bits per heavy atom. The van der Waals surface area contributed by atoms with E-state index >= 15 is 0 Å². The predicted molar refractivity (Wildman–Crippen MR) is 163 cm³/mol. The summed E-state index contributed by atoms with van der Waals surface area (Å²) in [5.41, 5.74) is 12.7. The molecule has 1 heterocycles. The molecular weight excluding hydrogens is 458 g/mol. The third kappa shape index (κ3) is 3.79. The molecule has 0 unspecified atom stereocenters. The van der Waals surface area contributed by atoms with Gasteiger partial charge in [0.05, 0.1) is 11.0 Å². The minimum Gasteiger partial charge on any atom is -0.309 e. The second-order valence-electron chi connectivity index (χ2n) is 10.1. The van der Waals surface area contributed by atoms with Gasteiger partial charge in [0.1, 0.15) is 0 Å². The van der Waals surface area contributed by atoms with Crippen LogP contribution in [0, 0.1) is 6.92 Å². The fraction of sp³-hybridized carbons (Fsp3) is 0.0811. The zero-order valence-corrected chi connectivity index (χ0v) is 21.6. The van der Waals surface area contributed by atoms with Crippen LogP contribution in [0.4, 0.5) is 0 Å². The Labute approximate surface area is 224 Å². The highest BCUT2D eigenvalue weighted by Crippen LogP contribution is 2.41. The first-order valence-electron chi connectivity index (χ1n) is 13.4. The molecule has 0 saturated carbocycles. The van der Waals surface area contributed by atoms with Crippen LogP contribution in [0.1, 0.15) is 24.0 Å². The lowest BCUT2D eigenvalue weighted by Gasteiger charge is -2.18. The lowest BCUT2D eigenvalue weighted by molar-refractivity contribution is 1.04. The van der Waals surface area contributed by atoms with Gasteiger partial charge in [-0.05, 0) is 95.1 Å². The van der Waals surface area contributed by atoms with Crippen molar-refractivity contribution >= 4 is 27.4 Å². The van der Waals surface area contributed by atoms with E-state index in [0.29, 0.717) is 0 Å². The molecule has 0 N–H and O–H groups in total. The van der Waals surface area contributed by atoms with E-state index in [9.17, 15) is 0 Å². The molecular formula is C37H29N. The number of hydrogen-bond acceptors (Lipinski definition) is 0. The summed E-state index contributed by atoms with van der Waals surface area (Å²) in [7, 11) is 0. The maximum atomic E-state index is 2.40. The Morgan fingerprint density at radius 1 is 0.579 bits per heavy atom.